The molecule has 1 aliphatic heterocycles. The lowest BCUT2D eigenvalue weighted by molar-refractivity contribution is -0.176. The average Bonchev–Trinajstić information content (AvgIpc) is 3.66. The normalized spacial score (nSPS) is 24.8. The van der Waals surface area contributed by atoms with Crippen LogP contribution in [-0.2, 0) is 14.4 Å². The molecule has 9 nitrogen and oxygen atoms in total. The van der Waals surface area contributed by atoms with Crippen LogP contribution in [0.4, 0.5) is 13.2 Å². The van der Waals surface area contributed by atoms with E-state index < -0.39 is 47.4 Å². The van der Waals surface area contributed by atoms with Gasteiger partial charge in [0, 0.05) is 22.8 Å². The molecule has 0 spiro atoms. The van der Waals surface area contributed by atoms with Crippen LogP contribution in [0.25, 0.3) is 5.52 Å². The van der Waals surface area contributed by atoms with Crippen LogP contribution in [0.5, 0.6) is 0 Å². The second-order valence-electron chi connectivity index (χ2n) is 13.0. The highest BCUT2D eigenvalue weighted by Crippen LogP contribution is 2.65. The van der Waals surface area contributed by atoms with Crippen molar-refractivity contribution >= 4 is 39.2 Å². The van der Waals surface area contributed by atoms with Crippen LogP contribution in [0.2, 0.25) is 0 Å². The first kappa shape index (κ1) is 29.4. The van der Waals surface area contributed by atoms with Crippen LogP contribution < -0.4 is 10.6 Å². The Morgan fingerprint density at radius 2 is 1.85 bits per heavy atom. The third-order valence-corrected chi connectivity index (χ3v) is 9.40. The lowest BCUT2D eigenvalue weighted by Crippen LogP contribution is -2.60. The molecule has 5 rings (SSSR count). The molecule has 2 saturated carbocycles. The number of halogens is 4. The number of nitrogens with zero attached hydrogens (tertiary/aromatic N) is 4. The topological polar surface area (TPSA) is 120 Å². The quantitative estimate of drug-likeness (QED) is 0.492. The molecule has 1 saturated heterocycles. The van der Waals surface area contributed by atoms with E-state index in [1.54, 1.807) is 25.3 Å². The van der Waals surface area contributed by atoms with E-state index in [1.165, 1.54) is 11.1 Å². The van der Waals surface area contributed by atoms with Crippen LogP contribution in [0.1, 0.15) is 70.5 Å². The summed E-state index contributed by atoms with van der Waals surface area (Å²) >= 11 is 3.58. The Hall–Kier alpha value is -3.14. The number of hydrogen-bond donors (Lipinski definition) is 2. The number of fused-ring (bicyclic) bond motifs is 2. The van der Waals surface area contributed by atoms with Gasteiger partial charge in [0.15, 0.2) is 0 Å². The fraction of sp³-hybridized carbons (Fsp3) is 0.607. The Kier molecular flexibility index (Phi) is 6.95. The molecule has 41 heavy (non-hydrogen) atoms. The fourth-order valence-electron chi connectivity index (χ4n) is 6.21. The second kappa shape index (κ2) is 9.71. The van der Waals surface area contributed by atoms with Crippen molar-refractivity contribution in [3.05, 3.63) is 34.1 Å². The summed E-state index contributed by atoms with van der Waals surface area (Å²) in [6, 6.07) is 0.483. The summed E-state index contributed by atoms with van der Waals surface area (Å²) in [7, 11) is 0. The maximum Gasteiger partial charge on any atom is 0.471 e. The number of rotatable bonds is 6. The van der Waals surface area contributed by atoms with E-state index in [2.05, 4.69) is 32.4 Å². The fourth-order valence-corrected chi connectivity index (χ4v) is 6.89. The second-order valence-corrected chi connectivity index (χ2v) is 13.9. The van der Waals surface area contributed by atoms with Crippen LogP contribution in [-0.4, -0.2) is 57.0 Å². The summed E-state index contributed by atoms with van der Waals surface area (Å²) in [4.78, 5) is 40.6. The molecule has 220 valence electrons. The first-order valence-corrected chi connectivity index (χ1v) is 14.3. The van der Waals surface area contributed by atoms with Gasteiger partial charge in [-0.15, -0.1) is 0 Å². The Bertz CT molecular complexity index is 1470. The zero-order valence-corrected chi connectivity index (χ0v) is 24.9. The molecule has 2 aromatic rings. The molecule has 3 heterocycles. The maximum atomic E-state index is 13.8. The SMILES string of the molecule is CC(C)(C)[C@H](NC(=O)C(F)(F)F)C(=O)N1C[C@H]2[C@@H]([C@H]1C(=O)NC(C#N)c1cnn3cc(C4CC4)cc(Br)c13)C2(C)C. The Morgan fingerprint density at radius 1 is 1.20 bits per heavy atom. The standard InChI is InChI=1S/C28H32BrF3N6O3/c1-26(2,3)22(36-25(41)28(30,31)32)24(40)37-12-16-19(27(16,4)5)21(37)23(39)35-18(9-33)15-10-34-38-11-14(13-6-7-13)8-17(29)20(15)38/h8,10-11,13,16,18-19,21-22H,6-7,12H2,1-5H3,(H,35,39)(H,36,41)/t16-,18?,19-,21-,22+/m0/s1. The third-order valence-electron chi connectivity index (χ3n) is 8.80. The summed E-state index contributed by atoms with van der Waals surface area (Å²) in [5.74, 6) is -3.38. The van der Waals surface area contributed by atoms with Gasteiger partial charge in [-0.1, -0.05) is 34.6 Å². The van der Waals surface area contributed by atoms with Gasteiger partial charge in [0.25, 0.3) is 0 Å². The molecule has 3 aliphatic rings. The van der Waals surface area contributed by atoms with E-state index >= 15 is 0 Å². The van der Waals surface area contributed by atoms with Gasteiger partial charge in [0.1, 0.15) is 18.1 Å². The number of nitrogens with one attached hydrogen (secondary N) is 2. The molecule has 2 aliphatic carbocycles. The summed E-state index contributed by atoms with van der Waals surface area (Å²) in [6.45, 7) is 8.74. The van der Waals surface area contributed by atoms with Gasteiger partial charge in [-0.25, -0.2) is 4.52 Å². The molecule has 3 amide bonds. The van der Waals surface area contributed by atoms with E-state index in [-0.39, 0.29) is 23.8 Å². The molecule has 0 bridgehead atoms. The Morgan fingerprint density at radius 3 is 2.41 bits per heavy atom. The van der Waals surface area contributed by atoms with Gasteiger partial charge in [0.2, 0.25) is 11.8 Å². The van der Waals surface area contributed by atoms with Crippen LogP contribution in [0.15, 0.2) is 22.9 Å². The van der Waals surface area contributed by atoms with Crippen LogP contribution >= 0.6 is 15.9 Å². The number of piperidine rings is 1. The molecule has 2 N–H and O–H groups in total. The number of carbonyl (C=O) groups excluding carboxylic acids is 3. The molecular weight excluding hydrogens is 605 g/mol. The predicted molar refractivity (Wildman–Crippen MR) is 145 cm³/mol. The Balaban J connectivity index is 1.42. The van der Waals surface area contributed by atoms with E-state index in [0.717, 1.165) is 22.9 Å². The smallest absolute Gasteiger partial charge is 0.336 e. The number of amides is 3. The van der Waals surface area contributed by atoms with Gasteiger partial charge in [-0.05, 0) is 69.0 Å². The summed E-state index contributed by atoms with van der Waals surface area (Å²) in [6.07, 6.45) is 0.475. The molecule has 5 atom stereocenters. The van der Waals surface area contributed by atoms with Gasteiger partial charge in [0.05, 0.1) is 17.8 Å². The molecule has 3 fully saturated rings. The highest BCUT2D eigenvalue weighted by atomic mass is 79.9. The van der Waals surface area contributed by atoms with Gasteiger partial charge >= 0.3 is 12.1 Å². The largest absolute Gasteiger partial charge is 0.471 e. The van der Waals surface area contributed by atoms with Crippen molar-refractivity contribution in [3.8, 4) is 6.07 Å². The van der Waals surface area contributed by atoms with E-state index in [9.17, 15) is 32.8 Å². The summed E-state index contributed by atoms with van der Waals surface area (Å²) in [5, 5.41) is 19.1. The van der Waals surface area contributed by atoms with Crippen molar-refractivity contribution in [2.75, 3.05) is 6.54 Å². The van der Waals surface area contributed by atoms with Crippen molar-refractivity contribution in [3.63, 3.8) is 0 Å². The monoisotopic (exact) mass is 636 g/mol. The molecule has 13 heteroatoms. The Labute approximate surface area is 243 Å². The minimum atomic E-state index is -5.17. The molecule has 1 unspecified atom stereocenters. The first-order valence-electron chi connectivity index (χ1n) is 13.5. The number of aromatic nitrogens is 2. The van der Waals surface area contributed by atoms with Crippen LogP contribution in [0, 0.1) is 34.0 Å². The predicted octanol–water partition coefficient (Wildman–Crippen LogP) is 4.23. The zero-order chi connectivity index (χ0) is 30.2. The van der Waals surface area contributed by atoms with Gasteiger partial charge < -0.3 is 15.5 Å². The number of carbonyl (C=O) groups is 3. The van der Waals surface area contributed by atoms with Crippen molar-refractivity contribution in [1.29, 1.82) is 5.26 Å². The molecular formula is C28H32BrF3N6O3. The van der Waals surface area contributed by atoms with E-state index in [4.69, 9.17) is 0 Å². The average molecular weight is 638 g/mol. The van der Waals surface area contributed by atoms with E-state index in [1.807, 2.05) is 31.4 Å². The van der Waals surface area contributed by atoms with Crippen molar-refractivity contribution in [2.45, 2.75) is 77.7 Å². The highest BCUT2D eigenvalue weighted by molar-refractivity contribution is 9.10. The number of alkyl halides is 3. The van der Waals surface area contributed by atoms with E-state index in [0.29, 0.717) is 17.0 Å². The van der Waals surface area contributed by atoms with Crippen molar-refractivity contribution < 1.29 is 27.6 Å². The summed E-state index contributed by atoms with van der Waals surface area (Å²) < 4.78 is 41.7. The van der Waals surface area contributed by atoms with Gasteiger partial charge in [-0.3, -0.25) is 14.4 Å². The maximum absolute atomic E-state index is 13.8. The molecule has 0 aromatic carbocycles. The summed E-state index contributed by atoms with van der Waals surface area (Å²) in [5.41, 5.74) is 0.888. The van der Waals surface area contributed by atoms with Gasteiger partial charge in [-0.2, -0.15) is 23.5 Å². The minimum Gasteiger partial charge on any atom is -0.336 e. The lowest BCUT2D eigenvalue weighted by atomic mass is 9.85. The number of pyridine rings is 1. The number of nitriles is 1. The van der Waals surface area contributed by atoms with Crippen LogP contribution in [0.3, 0.4) is 0 Å². The molecule has 2 aromatic heterocycles. The first-order chi connectivity index (χ1) is 19.0. The van der Waals surface area contributed by atoms with Crippen molar-refractivity contribution in [1.82, 2.24) is 25.1 Å². The number of likely N-dealkylation sites (tertiary alicyclic amines) is 1. The lowest BCUT2D eigenvalue weighted by Gasteiger charge is -2.37. The minimum absolute atomic E-state index is 0.0476. The molecule has 0 radical (unpaired) electrons. The highest BCUT2D eigenvalue weighted by Gasteiger charge is 2.70. The van der Waals surface area contributed by atoms with Crippen molar-refractivity contribution in [2.24, 2.45) is 22.7 Å². The zero-order valence-electron chi connectivity index (χ0n) is 23.3. The third kappa shape index (κ3) is 5.19. The number of hydrogen-bond acceptors (Lipinski definition) is 5.